The van der Waals surface area contributed by atoms with Crippen LogP contribution < -0.4 is 5.73 Å². The third kappa shape index (κ3) is 33.3. The molecule has 0 aromatic heterocycles. The van der Waals surface area contributed by atoms with E-state index < -0.39 is 77.2 Å². The minimum Gasteiger partial charge on any atom is -0.748 e. The fourth-order valence-corrected chi connectivity index (χ4v) is 8.63. The molecule has 0 aromatic rings. The Kier molecular flexibility index (Phi) is 36.9. The number of rotatable bonds is 43. The van der Waals surface area contributed by atoms with Crippen molar-refractivity contribution < 1.29 is 61.3 Å². The number of hydrogen-bond acceptors (Lipinski definition) is 14. The quantitative estimate of drug-likeness (QED) is 0.0225. The van der Waals surface area contributed by atoms with Gasteiger partial charge in [-0.3, -0.25) is 14.4 Å². The molecule has 1 rings (SSSR count). The number of esters is 3. The van der Waals surface area contributed by atoms with Crippen molar-refractivity contribution in [2.24, 2.45) is 5.73 Å². The lowest BCUT2D eigenvalue weighted by atomic mass is 9.99. The van der Waals surface area contributed by atoms with Crippen molar-refractivity contribution in [2.45, 2.75) is 263 Å². The summed E-state index contributed by atoms with van der Waals surface area (Å²) >= 11 is 0. The molecule has 372 valence electrons. The summed E-state index contributed by atoms with van der Waals surface area (Å²) in [4.78, 5) is 37.8. The van der Waals surface area contributed by atoms with Gasteiger partial charge in [-0.15, -0.1) is 0 Å². The van der Waals surface area contributed by atoms with Crippen LogP contribution in [0.5, 0.6) is 0 Å². The molecule has 0 radical (unpaired) electrons. The minimum atomic E-state index is -4.95. The van der Waals surface area contributed by atoms with Gasteiger partial charge in [-0.1, -0.05) is 194 Å². The highest BCUT2D eigenvalue weighted by atomic mass is 32.2. The molecule has 63 heavy (non-hydrogen) atoms. The van der Waals surface area contributed by atoms with Crippen LogP contribution in [0.15, 0.2) is 0 Å². The van der Waals surface area contributed by atoms with Gasteiger partial charge in [0.1, 0.15) is 24.9 Å². The molecular formula is C48H90NO13S-. The maximum Gasteiger partial charge on any atom is 0.307 e. The van der Waals surface area contributed by atoms with E-state index in [4.69, 9.17) is 29.4 Å². The number of hydrogen-bond donors (Lipinski definition) is 3. The largest absolute Gasteiger partial charge is 0.748 e. The molecule has 1 heterocycles. The molecule has 0 spiro atoms. The maximum atomic E-state index is 12.9. The molecule has 1 aliphatic heterocycles. The number of carbonyl (C=O) groups is 3. The molecule has 15 heteroatoms. The van der Waals surface area contributed by atoms with E-state index in [1.165, 1.54) is 141 Å². The molecule has 1 fully saturated rings. The summed E-state index contributed by atoms with van der Waals surface area (Å²) in [7, 11) is -4.95. The Hall–Kier alpha value is -1.88. The standard InChI is InChI=1S/C48H91NO13S/c1-3-5-7-9-11-13-15-17-19-21-23-25-27-29-31-33-42(50)58-37-40(60-43(51)34-32-30-28-26-24-22-20-18-16-14-12-10-8-6-4-2)38-59-48-46(54)45(53)47(62-44(52)35-36-49)41(61-48)39-63(55,56)57/h40-41,45-48,53-54H,3-39,49H2,1-2H3,(H,55,56,57)/p-1. The van der Waals surface area contributed by atoms with Crippen LogP contribution in [0.25, 0.3) is 0 Å². The number of unbranched alkanes of at least 4 members (excludes halogenated alkanes) is 28. The SMILES string of the molecule is CCCCCCCCCCCCCCCCCC(=O)OCC(COC1OC(CS(=O)(=O)[O-])C(OC(=O)CCN)C(O)C1O)OC(=O)CCCCCCCCCCCCCCCCC. The first-order valence-electron chi connectivity index (χ1n) is 25.2. The molecule has 4 N–H and O–H groups in total. The summed E-state index contributed by atoms with van der Waals surface area (Å²) in [5, 5.41) is 21.6. The Morgan fingerprint density at radius 2 is 0.968 bits per heavy atom. The minimum absolute atomic E-state index is 0.0923. The highest BCUT2D eigenvalue weighted by molar-refractivity contribution is 7.85. The fourth-order valence-electron chi connectivity index (χ4n) is 7.96. The summed E-state index contributed by atoms with van der Waals surface area (Å²) < 4.78 is 62.5. The molecule has 1 aliphatic rings. The number of nitrogens with two attached hydrogens (primary N) is 1. The summed E-state index contributed by atoms with van der Waals surface area (Å²) in [5.41, 5.74) is 5.38. The Bertz CT molecular complexity index is 1240. The van der Waals surface area contributed by atoms with Crippen LogP contribution in [0.2, 0.25) is 0 Å². The zero-order chi connectivity index (χ0) is 46.4. The van der Waals surface area contributed by atoms with Crippen LogP contribution in [0.1, 0.15) is 226 Å². The van der Waals surface area contributed by atoms with Crippen molar-refractivity contribution in [1.82, 2.24) is 0 Å². The van der Waals surface area contributed by atoms with Gasteiger partial charge in [-0.25, -0.2) is 8.42 Å². The highest BCUT2D eigenvalue weighted by Crippen LogP contribution is 2.27. The van der Waals surface area contributed by atoms with Gasteiger partial charge in [0.05, 0.1) is 28.9 Å². The van der Waals surface area contributed by atoms with Crippen molar-refractivity contribution in [3.63, 3.8) is 0 Å². The topological polar surface area (TPSA) is 221 Å². The highest BCUT2D eigenvalue weighted by Gasteiger charge is 2.48. The van der Waals surface area contributed by atoms with Crippen LogP contribution in [0.3, 0.4) is 0 Å². The summed E-state index contributed by atoms with van der Waals surface area (Å²) in [5.74, 6) is -3.06. The first kappa shape index (κ1) is 59.1. The zero-order valence-corrected chi connectivity index (χ0v) is 40.3. The molecule has 6 unspecified atom stereocenters. The molecule has 0 aliphatic carbocycles. The van der Waals surface area contributed by atoms with E-state index in [2.05, 4.69) is 13.8 Å². The first-order valence-corrected chi connectivity index (χ1v) is 26.8. The molecule has 14 nitrogen and oxygen atoms in total. The summed E-state index contributed by atoms with van der Waals surface area (Å²) in [6.07, 6.45) is 26.1. The second-order valence-corrected chi connectivity index (χ2v) is 19.2. The predicted octanol–water partition coefficient (Wildman–Crippen LogP) is 9.23. The summed E-state index contributed by atoms with van der Waals surface area (Å²) in [6, 6.07) is 0. The first-order chi connectivity index (χ1) is 30.4. The van der Waals surface area contributed by atoms with Gasteiger partial charge >= 0.3 is 17.9 Å². The molecule has 6 atom stereocenters. The van der Waals surface area contributed by atoms with Gasteiger partial charge in [0.25, 0.3) is 0 Å². The van der Waals surface area contributed by atoms with E-state index in [0.29, 0.717) is 12.8 Å². The number of aliphatic hydroxyl groups excluding tert-OH is 2. The second kappa shape index (κ2) is 39.3. The van der Waals surface area contributed by atoms with Crippen molar-refractivity contribution >= 4 is 28.0 Å². The molecule has 0 bridgehead atoms. The number of carbonyl (C=O) groups excluding carboxylic acids is 3. The second-order valence-electron chi connectivity index (χ2n) is 17.8. The van der Waals surface area contributed by atoms with Crippen LogP contribution in [-0.4, -0.2) is 103 Å². The van der Waals surface area contributed by atoms with Crippen molar-refractivity contribution in [2.75, 3.05) is 25.5 Å². The summed E-state index contributed by atoms with van der Waals surface area (Å²) in [6.45, 7) is 3.59. The lowest BCUT2D eigenvalue weighted by Gasteiger charge is -2.42. The van der Waals surface area contributed by atoms with Gasteiger partial charge in [0, 0.05) is 19.4 Å². The number of aliphatic hydroxyl groups is 2. The fraction of sp³-hybridized carbons (Fsp3) is 0.938. The molecule has 1 saturated heterocycles. The van der Waals surface area contributed by atoms with Crippen molar-refractivity contribution in [3.05, 3.63) is 0 Å². The molecule has 0 amide bonds. The Labute approximate surface area is 381 Å². The van der Waals surface area contributed by atoms with E-state index in [1.54, 1.807) is 0 Å². The lowest BCUT2D eigenvalue weighted by molar-refractivity contribution is -0.299. The van der Waals surface area contributed by atoms with Crippen LogP contribution in [0.4, 0.5) is 0 Å². The maximum absolute atomic E-state index is 12.9. The van der Waals surface area contributed by atoms with Gasteiger partial charge in [0.15, 0.2) is 18.5 Å². The predicted molar refractivity (Wildman–Crippen MR) is 245 cm³/mol. The smallest absolute Gasteiger partial charge is 0.307 e. The van der Waals surface area contributed by atoms with E-state index in [1.807, 2.05) is 0 Å². The van der Waals surface area contributed by atoms with Gasteiger partial charge in [-0.05, 0) is 12.8 Å². The van der Waals surface area contributed by atoms with Crippen molar-refractivity contribution in [1.29, 1.82) is 0 Å². The monoisotopic (exact) mass is 921 g/mol. The average Bonchev–Trinajstić information content (AvgIpc) is 3.24. The Balaban J connectivity index is 2.58. The average molecular weight is 921 g/mol. The van der Waals surface area contributed by atoms with Gasteiger partial charge in [0.2, 0.25) is 0 Å². The normalized spacial score (nSPS) is 19.5. The molecule has 0 aromatic carbocycles. The Morgan fingerprint density at radius 3 is 1.37 bits per heavy atom. The van der Waals surface area contributed by atoms with Crippen LogP contribution >= 0.6 is 0 Å². The lowest BCUT2D eigenvalue weighted by Crippen LogP contribution is -2.61. The Morgan fingerprint density at radius 1 is 0.571 bits per heavy atom. The van der Waals surface area contributed by atoms with E-state index >= 15 is 0 Å². The van der Waals surface area contributed by atoms with Crippen molar-refractivity contribution in [3.8, 4) is 0 Å². The van der Waals surface area contributed by atoms with E-state index in [0.717, 1.165) is 38.5 Å². The zero-order valence-electron chi connectivity index (χ0n) is 39.5. The number of ether oxygens (including phenoxy) is 5. The third-order valence-corrected chi connectivity index (χ3v) is 12.5. The molecular weight excluding hydrogens is 831 g/mol. The van der Waals surface area contributed by atoms with Gasteiger partial charge < -0.3 is 44.2 Å². The van der Waals surface area contributed by atoms with E-state index in [-0.39, 0.29) is 32.4 Å². The van der Waals surface area contributed by atoms with Crippen LogP contribution in [-0.2, 0) is 48.2 Å². The molecule has 0 saturated carbocycles. The third-order valence-electron chi connectivity index (χ3n) is 11.8. The van der Waals surface area contributed by atoms with Gasteiger partial charge in [-0.2, -0.15) is 0 Å². The van der Waals surface area contributed by atoms with Crippen LogP contribution in [0, 0.1) is 0 Å². The van der Waals surface area contributed by atoms with E-state index in [9.17, 15) is 37.6 Å².